The van der Waals surface area contributed by atoms with Crippen molar-refractivity contribution in [3.05, 3.63) is 11.1 Å². The second kappa shape index (κ2) is 3.93. The van der Waals surface area contributed by atoms with E-state index in [1.807, 2.05) is 0 Å². The van der Waals surface area contributed by atoms with Crippen molar-refractivity contribution >= 4 is 0 Å². The molecule has 1 N–H and O–H groups in total. The summed E-state index contributed by atoms with van der Waals surface area (Å²) in [4.78, 5) is 0. The Morgan fingerprint density at radius 1 is 1.33 bits per heavy atom. The summed E-state index contributed by atoms with van der Waals surface area (Å²) in [5, 5.41) is 9.40. The molecule has 2 aliphatic rings. The maximum atomic E-state index is 9.40. The Labute approximate surface area is 93.6 Å². The molecule has 0 aliphatic heterocycles. The molecule has 0 unspecified atom stereocenters. The molecule has 2 rings (SSSR count). The zero-order chi connectivity index (χ0) is 11.1. The molecule has 2 atom stereocenters. The fourth-order valence-corrected chi connectivity index (χ4v) is 3.43. The van der Waals surface area contributed by atoms with Gasteiger partial charge in [0.1, 0.15) is 0 Å². The van der Waals surface area contributed by atoms with Crippen LogP contribution in [-0.4, -0.2) is 11.7 Å². The van der Waals surface area contributed by atoms with E-state index in [0.29, 0.717) is 23.9 Å². The lowest BCUT2D eigenvalue weighted by Gasteiger charge is -2.42. The maximum Gasteiger partial charge on any atom is 0.0464 e. The molecule has 0 saturated carbocycles. The van der Waals surface area contributed by atoms with Gasteiger partial charge in [-0.2, -0.15) is 0 Å². The van der Waals surface area contributed by atoms with E-state index in [9.17, 15) is 5.11 Å². The maximum absolute atomic E-state index is 9.40. The molecule has 1 heteroatoms. The van der Waals surface area contributed by atoms with Gasteiger partial charge < -0.3 is 5.11 Å². The number of hydrogen-bond acceptors (Lipinski definition) is 1. The van der Waals surface area contributed by atoms with Gasteiger partial charge in [0, 0.05) is 6.61 Å². The summed E-state index contributed by atoms with van der Waals surface area (Å²) in [5.41, 5.74) is 3.82. The molecule has 0 bridgehead atoms. The highest BCUT2D eigenvalue weighted by Crippen LogP contribution is 2.49. The van der Waals surface area contributed by atoms with Crippen molar-refractivity contribution in [2.75, 3.05) is 6.61 Å². The first-order valence-corrected chi connectivity index (χ1v) is 6.37. The van der Waals surface area contributed by atoms with E-state index in [4.69, 9.17) is 0 Å². The minimum atomic E-state index is 0.369. The summed E-state index contributed by atoms with van der Waals surface area (Å²) in [6.07, 6.45) is 6.41. The van der Waals surface area contributed by atoms with Gasteiger partial charge in [-0.1, -0.05) is 31.9 Å². The topological polar surface area (TPSA) is 20.2 Å². The van der Waals surface area contributed by atoms with Crippen molar-refractivity contribution in [2.45, 2.75) is 52.9 Å². The van der Waals surface area contributed by atoms with Crippen LogP contribution in [0.4, 0.5) is 0 Å². The zero-order valence-electron chi connectivity index (χ0n) is 10.3. The Bertz CT molecular complexity index is 275. The van der Waals surface area contributed by atoms with E-state index in [0.717, 1.165) is 6.42 Å². The Morgan fingerprint density at radius 2 is 2.07 bits per heavy atom. The summed E-state index contributed by atoms with van der Waals surface area (Å²) in [6, 6.07) is 0. The second-order valence-electron chi connectivity index (χ2n) is 6.15. The van der Waals surface area contributed by atoms with Crippen LogP contribution < -0.4 is 0 Å². The summed E-state index contributed by atoms with van der Waals surface area (Å²) in [5.74, 6) is 1.20. The molecule has 0 spiro atoms. The molecule has 1 nitrogen and oxygen atoms in total. The van der Waals surface area contributed by atoms with Crippen molar-refractivity contribution in [1.29, 1.82) is 0 Å². The number of hydrogen-bond donors (Lipinski definition) is 1. The number of allylic oxidation sites excluding steroid dienone is 2. The van der Waals surface area contributed by atoms with Gasteiger partial charge in [0.2, 0.25) is 0 Å². The molecule has 0 amide bonds. The first-order valence-electron chi connectivity index (χ1n) is 6.37. The number of aliphatic hydroxyl groups is 1. The average molecular weight is 208 g/mol. The van der Waals surface area contributed by atoms with Crippen LogP contribution in [0.3, 0.4) is 0 Å². The smallest absolute Gasteiger partial charge is 0.0464 e. The second-order valence-corrected chi connectivity index (χ2v) is 6.15. The molecule has 0 fully saturated rings. The van der Waals surface area contributed by atoms with Crippen LogP contribution in [-0.2, 0) is 0 Å². The lowest BCUT2D eigenvalue weighted by molar-refractivity contribution is 0.158. The van der Waals surface area contributed by atoms with Gasteiger partial charge in [-0.05, 0) is 49.4 Å². The van der Waals surface area contributed by atoms with Gasteiger partial charge in [0.15, 0.2) is 0 Å². The van der Waals surface area contributed by atoms with Gasteiger partial charge >= 0.3 is 0 Å². The summed E-state index contributed by atoms with van der Waals surface area (Å²) < 4.78 is 0. The molecule has 0 aromatic heterocycles. The third-order valence-corrected chi connectivity index (χ3v) is 4.60. The lowest BCUT2D eigenvalue weighted by Crippen LogP contribution is -2.31. The zero-order valence-corrected chi connectivity index (χ0v) is 10.3. The molecule has 0 aromatic carbocycles. The Morgan fingerprint density at radius 3 is 2.73 bits per heavy atom. The van der Waals surface area contributed by atoms with E-state index < -0.39 is 0 Å². The van der Waals surface area contributed by atoms with Crippen LogP contribution >= 0.6 is 0 Å². The predicted octanol–water partition coefficient (Wildman–Crippen LogP) is 3.53. The van der Waals surface area contributed by atoms with Crippen LogP contribution in [0.25, 0.3) is 0 Å². The van der Waals surface area contributed by atoms with E-state index in [1.54, 1.807) is 11.1 Å². The van der Waals surface area contributed by atoms with Gasteiger partial charge in [0.05, 0.1) is 0 Å². The SMILES string of the molecule is C[C@H]1CC2=C(C[C@@H]1CO)C(C)(C)CCC2. The largest absolute Gasteiger partial charge is 0.396 e. The quantitative estimate of drug-likeness (QED) is 0.654. The first kappa shape index (κ1) is 11.2. The van der Waals surface area contributed by atoms with Crippen LogP contribution in [0.15, 0.2) is 11.1 Å². The molecule has 2 aliphatic carbocycles. The third kappa shape index (κ3) is 1.99. The van der Waals surface area contributed by atoms with E-state index in [2.05, 4.69) is 20.8 Å². The van der Waals surface area contributed by atoms with Crippen molar-refractivity contribution < 1.29 is 5.11 Å². The van der Waals surface area contributed by atoms with Crippen molar-refractivity contribution in [3.8, 4) is 0 Å². The van der Waals surface area contributed by atoms with Crippen LogP contribution in [0.5, 0.6) is 0 Å². The first-order chi connectivity index (χ1) is 7.04. The number of aliphatic hydroxyl groups excluding tert-OH is 1. The number of rotatable bonds is 1. The van der Waals surface area contributed by atoms with Crippen LogP contribution in [0, 0.1) is 17.3 Å². The van der Waals surface area contributed by atoms with Crippen molar-refractivity contribution in [2.24, 2.45) is 17.3 Å². The van der Waals surface area contributed by atoms with Crippen LogP contribution in [0.2, 0.25) is 0 Å². The lowest BCUT2D eigenvalue weighted by atomic mass is 9.63. The minimum absolute atomic E-state index is 0.369. The monoisotopic (exact) mass is 208 g/mol. The Kier molecular flexibility index (Phi) is 2.94. The molecular weight excluding hydrogens is 184 g/mol. The van der Waals surface area contributed by atoms with E-state index in [1.165, 1.54) is 25.7 Å². The normalized spacial score (nSPS) is 35.2. The van der Waals surface area contributed by atoms with Gasteiger partial charge in [-0.15, -0.1) is 0 Å². The highest BCUT2D eigenvalue weighted by atomic mass is 16.3. The predicted molar refractivity (Wildman–Crippen MR) is 63.6 cm³/mol. The van der Waals surface area contributed by atoms with Gasteiger partial charge in [-0.25, -0.2) is 0 Å². The molecule has 0 aromatic rings. The third-order valence-electron chi connectivity index (χ3n) is 4.60. The fraction of sp³-hybridized carbons (Fsp3) is 0.857. The summed E-state index contributed by atoms with van der Waals surface area (Å²) in [6.45, 7) is 7.43. The van der Waals surface area contributed by atoms with Crippen molar-refractivity contribution in [3.63, 3.8) is 0 Å². The molecule has 0 radical (unpaired) electrons. The van der Waals surface area contributed by atoms with Gasteiger partial charge in [-0.3, -0.25) is 0 Å². The molecule has 15 heavy (non-hydrogen) atoms. The fourth-order valence-electron chi connectivity index (χ4n) is 3.43. The molecule has 0 saturated heterocycles. The van der Waals surface area contributed by atoms with E-state index in [-0.39, 0.29) is 0 Å². The van der Waals surface area contributed by atoms with Gasteiger partial charge in [0.25, 0.3) is 0 Å². The highest BCUT2D eigenvalue weighted by molar-refractivity contribution is 5.27. The van der Waals surface area contributed by atoms with E-state index >= 15 is 0 Å². The standard InChI is InChI=1S/C14H24O/c1-10-7-11-5-4-6-14(2,3)13(11)8-12(10)9-15/h10,12,15H,4-9H2,1-3H3/t10-,12+/m0/s1. The van der Waals surface area contributed by atoms with Crippen molar-refractivity contribution in [1.82, 2.24) is 0 Å². The highest BCUT2D eigenvalue weighted by Gasteiger charge is 2.36. The molecular formula is C14H24O. The Hall–Kier alpha value is -0.300. The minimum Gasteiger partial charge on any atom is -0.396 e. The summed E-state index contributed by atoms with van der Waals surface area (Å²) >= 11 is 0. The van der Waals surface area contributed by atoms with Crippen LogP contribution in [0.1, 0.15) is 52.9 Å². The Balaban J connectivity index is 2.27. The average Bonchev–Trinajstić information content (AvgIpc) is 2.16. The molecule has 86 valence electrons. The summed E-state index contributed by atoms with van der Waals surface area (Å²) in [7, 11) is 0. The molecule has 0 heterocycles.